The van der Waals surface area contributed by atoms with Crippen molar-refractivity contribution in [3.63, 3.8) is 0 Å². The van der Waals surface area contributed by atoms with Crippen molar-refractivity contribution in [2.75, 3.05) is 32.6 Å². The lowest BCUT2D eigenvalue weighted by molar-refractivity contribution is 0.794. The number of hydrogen-bond donors (Lipinski definition) is 2. The maximum absolute atomic E-state index is 5.90. The maximum atomic E-state index is 5.90. The van der Waals surface area contributed by atoms with E-state index in [1.54, 1.807) is 7.05 Å². The summed E-state index contributed by atoms with van der Waals surface area (Å²) in [6.45, 7) is 1.56. The summed E-state index contributed by atoms with van der Waals surface area (Å²) in [7, 11) is 5.87. The van der Waals surface area contributed by atoms with Gasteiger partial charge in [-0.15, -0.1) is 24.0 Å². The van der Waals surface area contributed by atoms with Gasteiger partial charge >= 0.3 is 0 Å². The fourth-order valence-electron chi connectivity index (χ4n) is 2.29. The summed E-state index contributed by atoms with van der Waals surface area (Å²) in [5.74, 6) is 0.806. The standard InChI is InChI=1S/C19H25ClN4.HI/c1-21-19(22-13-12-15-4-8-17(20)9-5-15)23-14-16-6-10-18(11-7-16)24(2)3;/h4-11H,12-14H2,1-3H3,(H2,21,22,23);1H. The summed E-state index contributed by atoms with van der Waals surface area (Å²) in [4.78, 5) is 6.35. The Kier molecular flexibility index (Phi) is 9.67. The molecule has 0 aliphatic rings. The van der Waals surface area contributed by atoms with E-state index in [0.717, 1.165) is 30.5 Å². The highest BCUT2D eigenvalue weighted by Gasteiger charge is 2.00. The summed E-state index contributed by atoms with van der Waals surface area (Å²) in [5, 5.41) is 7.43. The highest BCUT2D eigenvalue weighted by Crippen LogP contribution is 2.12. The first-order valence-electron chi connectivity index (χ1n) is 8.03. The van der Waals surface area contributed by atoms with Gasteiger partial charge in [-0.05, 0) is 41.8 Å². The fourth-order valence-corrected chi connectivity index (χ4v) is 2.42. The zero-order chi connectivity index (χ0) is 17.4. The molecule has 4 nitrogen and oxygen atoms in total. The number of nitrogens with zero attached hydrogens (tertiary/aromatic N) is 2. The highest BCUT2D eigenvalue weighted by molar-refractivity contribution is 14.0. The van der Waals surface area contributed by atoms with Gasteiger partial charge in [-0.1, -0.05) is 35.9 Å². The van der Waals surface area contributed by atoms with Gasteiger partial charge < -0.3 is 15.5 Å². The normalized spacial score (nSPS) is 10.8. The van der Waals surface area contributed by atoms with Crippen LogP contribution in [0.15, 0.2) is 53.5 Å². The second-order valence-electron chi connectivity index (χ2n) is 5.79. The molecule has 0 saturated heterocycles. The Hall–Kier alpha value is -1.47. The van der Waals surface area contributed by atoms with Crippen LogP contribution < -0.4 is 15.5 Å². The first-order valence-corrected chi connectivity index (χ1v) is 8.41. The lowest BCUT2D eigenvalue weighted by Crippen LogP contribution is -2.37. The quantitative estimate of drug-likeness (QED) is 0.380. The minimum atomic E-state index is 0. The second-order valence-corrected chi connectivity index (χ2v) is 6.23. The fraction of sp³-hybridized carbons (Fsp3) is 0.316. The van der Waals surface area contributed by atoms with Gasteiger partial charge in [0.1, 0.15) is 0 Å². The van der Waals surface area contributed by atoms with Crippen molar-refractivity contribution < 1.29 is 0 Å². The van der Waals surface area contributed by atoms with Crippen molar-refractivity contribution in [3.05, 3.63) is 64.7 Å². The molecule has 0 bridgehead atoms. The van der Waals surface area contributed by atoms with Crippen LogP contribution in [-0.4, -0.2) is 33.6 Å². The Morgan fingerprint density at radius 1 is 0.960 bits per heavy atom. The molecular weight excluding hydrogens is 447 g/mol. The zero-order valence-electron chi connectivity index (χ0n) is 14.9. The molecule has 2 aromatic carbocycles. The molecular formula is C19H26ClIN4. The van der Waals surface area contributed by atoms with Gasteiger partial charge in [0.05, 0.1) is 0 Å². The average molecular weight is 473 g/mol. The van der Waals surface area contributed by atoms with Crippen LogP contribution in [0.1, 0.15) is 11.1 Å². The van der Waals surface area contributed by atoms with Gasteiger partial charge in [0.2, 0.25) is 0 Å². The number of anilines is 1. The van der Waals surface area contributed by atoms with Crippen LogP contribution in [0.5, 0.6) is 0 Å². The van der Waals surface area contributed by atoms with E-state index in [-0.39, 0.29) is 24.0 Å². The van der Waals surface area contributed by atoms with Crippen LogP contribution in [0.25, 0.3) is 0 Å². The zero-order valence-corrected chi connectivity index (χ0v) is 18.0. The molecule has 0 spiro atoms. The molecule has 2 aromatic rings. The first-order chi connectivity index (χ1) is 11.6. The average Bonchev–Trinajstić information content (AvgIpc) is 2.60. The molecule has 6 heteroatoms. The molecule has 2 rings (SSSR count). The molecule has 0 aromatic heterocycles. The third-order valence-corrected chi connectivity index (χ3v) is 4.01. The molecule has 25 heavy (non-hydrogen) atoms. The summed E-state index contributed by atoms with van der Waals surface area (Å²) in [6.07, 6.45) is 0.926. The van der Waals surface area contributed by atoms with Gasteiger partial charge in [0, 0.05) is 44.9 Å². The molecule has 0 saturated carbocycles. The van der Waals surface area contributed by atoms with Crippen molar-refractivity contribution in [1.82, 2.24) is 10.6 Å². The molecule has 0 atom stereocenters. The van der Waals surface area contributed by atoms with Crippen molar-refractivity contribution in [3.8, 4) is 0 Å². The Morgan fingerprint density at radius 3 is 2.12 bits per heavy atom. The molecule has 0 heterocycles. The summed E-state index contributed by atoms with van der Waals surface area (Å²) < 4.78 is 0. The van der Waals surface area contributed by atoms with E-state index >= 15 is 0 Å². The molecule has 0 amide bonds. The predicted molar refractivity (Wildman–Crippen MR) is 120 cm³/mol. The first kappa shape index (κ1) is 21.6. The Balaban J connectivity index is 0.00000312. The van der Waals surface area contributed by atoms with Crippen molar-refractivity contribution >= 4 is 47.2 Å². The Bertz CT molecular complexity index is 654. The van der Waals surface area contributed by atoms with Crippen LogP contribution in [0.2, 0.25) is 5.02 Å². The van der Waals surface area contributed by atoms with E-state index in [1.807, 2.05) is 38.4 Å². The molecule has 2 N–H and O–H groups in total. The number of hydrogen-bond acceptors (Lipinski definition) is 2. The third-order valence-electron chi connectivity index (χ3n) is 3.76. The Morgan fingerprint density at radius 2 is 1.56 bits per heavy atom. The topological polar surface area (TPSA) is 39.7 Å². The summed E-state index contributed by atoms with van der Waals surface area (Å²) >= 11 is 5.90. The van der Waals surface area contributed by atoms with Crippen molar-refractivity contribution in [2.24, 2.45) is 4.99 Å². The molecule has 0 aliphatic carbocycles. The van der Waals surface area contributed by atoms with E-state index in [4.69, 9.17) is 11.6 Å². The van der Waals surface area contributed by atoms with E-state index in [1.165, 1.54) is 16.8 Å². The minimum absolute atomic E-state index is 0. The number of benzene rings is 2. The number of nitrogens with one attached hydrogen (secondary N) is 2. The van der Waals surface area contributed by atoms with Crippen LogP contribution in [-0.2, 0) is 13.0 Å². The molecule has 136 valence electrons. The SMILES string of the molecule is CN=C(NCCc1ccc(Cl)cc1)NCc1ccc(N(C)C)cc1.I. The molecule has 0 radical (unpaired) electrons. The van der Waals surface area contributed by atoms with Gasteiger partial charge in [0.25, 0.3) is 0 Å². The van der Waals surface area contributed by atoms with Crippen LogP contribution in [0, 0.1) is 0 Å². The van der Waals surface area contributed by atoms with Crippen LogP contribution in [0.3, 0.4) is 0 Å². The second kappa shape index (κ2) is 11.2. The van der Waals surface area contributed by atoms with E-state index in [9.17, 15) is 0 Å². The predicted octanol–water partition coefficient (Wildman–Crippen LogP) is 3.93. The van der Waals surface area contributed by atoms with Gasteiger partial charge in [0.15, 0.2) is 5.96 Å². The van der Waals surface area contributed by atoms with E-state index in [0.29, 0.717) is 0 Å². The van der Waals surface area contributed by atoms with E-state index in [2.05, 4.69) is 44.8 Å². The monoisotopic (exact) mass is 472 g/mol. The van der Waals surface area contributed by atoms with Gasteiger partial charge in [-0.25, -0.2) is 0 Å². The minimum Gasteiger partial charge on any atom is -0.378 e. The number of rotatable bonds is 6. The number of guanidine groups is 1. The number of aliphatic imine (C=N–C) groups is 1. The third kappa shape index (κ3) is 7.52. The summed E-state index contributed by atoms with van der Waals surface area (Å²) in [5.41, 5.74) is 3.67. The Labute approximate surface area is 172 Å². The highest BCUT2D eigenvalue weighted by atomic mass is 127. The van der Waals surface area contributed by atoms with Crippen molar-refractivity contribution in [1.29, 1.82) is 0 Å². The van der Waals surface area contributed by atoms with E-state index < -0.39 is 0 Å². The maximum Gasteiger partial charge on any atom is 0.191 e. The van der Waals surface area contributed by atoms with Gasteiger partial charge in [-0.2, -0.15) is 0 Å². The van der Waals surface area contributed by atoms with Crippen molar-refractivity contribution in [2.45, 2.75) is 13.0 Å². The molecule has 0 aliphatic heterocycles. The smallest absolute Gasteiger partial charge is 0.191 e. The lowest BCUT2D eigenvalue weighted by atomic mass is 10.1. The van der Waals surface area contributed by atoms with Crippen LogP contribution >= 0.6 is 35.6 Å². The molecule has 0 fully saturated rings. The number of halogens is 2. The summed E-state index contributed by atoms with van der Waals surface area (Å²) in [6, 6.07) is 16.4. The molecule has 0 unspecified atom stereocenters. The van der Waals surface area contributed by atoms with Gasteiger partial charge in [-0.3, -0.25) is 4.99 Å². The largest absolute Gasteiger partial charge is 0.378 e. The van der Waals surface area contributed by atoms with Crippen LogP contribution in [0.4, 0.5) is 5.69 Å². The lowest BCUT2D eigenvalue weighted by Gasteiger charge is -2.14.